The lowest BCUT2D eigenvalue weighted by molar-refractivity contribution is -0.123. The second-order valence-corrected chi connectivity index (χ2v) is 5.83. The van der Waals surface area contributed by atoms with Crippen LogP contribution in [-0.2, 0) is 4.79 Å². The van der Waals surface area contributed by atoms with Gasteiger partial charge in [0.2, 0.25) is 0 Å². The number of halogens is 2. The fraction of sp³-hybridized carbons (Fsp3) is 0.125. The van der Waals surface area contributed by atoms with Crippen LogP contribution in [0.2, 0.25) is 5.02 Å². The van der Waals surface area contributed by atoms with Gasteiger partial charge in [-0.2, -0.15) is 0 Å². The SMILES string of the molecule is COc1ccc(Br)c(C(=O)NNC(=O)COc2ccccc2Cl)c1. The molecular weight excluding hydrogens is 400 g/mol. The van der Waals surface area contributed by atoms with Gasteiger partial charge >= 0.3 is 0 Å². The Kier molecular flexibility index (Phi) is 6.45. The van der Waals surface area contributed by atoms with Crippen molar-refractivity contribution in [3.8, 4) is 11.5 Å². The summed E-state index contributed by atoms with van der Waals surface area (Å²) in [6, 6.07) is 11.7. The van der Waals surface area contributed by atoms with Gasteiger partial charge in [-0.1, -0.05) is 23.7 Å². The summed E-state index contributed by atoms with van der Waals surface area (Å²) >= 11 is 9.19. The van der Waals surface area contributed by atoms with Crippen LogP contribution in [0, 0.1) is 0 Å². The number of hydrogen-bond acceptors (Lipinski definition) is 4. The first kappa shape index (κ1) is 18.1. The molecule has 2 aromatic rings. The minimum absolute atomic E-state index is 0.288. The van der Waals surface area contributed by atoms with Gasteiger partial charge in [0.05, 0.1) is 17.7 Å². The van der Waals surface area contributed by atoms with E-state index in [0.717, 1.165) is 0 Å². The number of carbonyl (C=O) groups is 2. The van der Waals surface area contributed by atoms with Gasteiger partial charge in [0, 0.05) is 4.47 Å². The van der Waals surface area contributed by atoms with Crippen LogP contribution in [0.5, 0.6) is 11.5 Å². The van der Waals surface area contributed by atoms with E-state index in [9.17, 15) is 9.59 Å². The maximum absolute atomic E-state index is 12.1. The summed E-state index contributed by atoms with van der Waals surface area (Å²) < 4.78 is 10.9. The van der Waals surface area contributed by atoms with Crippen molar-refractivity contribution in [1.82, 2.24) is 10.9 Å². The molecule has 2 amide bonds. The lowest BCUT2D eigenvalue weighted by atomic mass is 10.2. The molecule has 0 atom stereocenters. The lowest BCUT2D eigenvalue weighted by Crippen LogP contribution is -2.43. The van der Waals surface area contributed by atoms with Crippen LogP contribution in [0.3, 0.4) is 0 Å². The van der Waals surface area contributed by atoms with E-state index in [2.05, 4.69) is 26.8 Å². The van der Waals surface area contributed by atoms with Crippen molar-refractivity contribution in [2.45, 2.75) is 0 Å². The third-order valence-corrected chi connectivity index (χ3v) is 3.93. The lowest BCUT2D eigenvalue weighted by Gasteiger charge is -2.11. The van der Waals surface area contributed by atoms with Gasteiger partial charge in [-0.15, -0.1) is 0 Å². The summed E-state index contributed by atoms with van der Waals surface area (Å²) in [7, 11) is 1.50. The molecule has 8 heteroatoms. The van der Waals surface area contributed by atoms with Crippen molar-refractivity contribution in [1.29, 1.82) is 0 Å². The largest absolute Gasteiger partial charge is 0.497 e. The van der Waals surface area contributed by atoms with Gasteiger partial charge in [0.15, 0.2) is 6.61 Å². The number of hydrazine groups is 1. The second kappa shape index (κ2) is 8.56. The molecule has 0 aliphatic rings. The molecule has 0 saturated heterocycles. The Bertz CT molecular complexity index is 755. The number of nitrogens with one attached hydrogen (secondary N) is 2. The molecule has 0 saturated carbocycles. The van der Waals surface area contributed by atoms with Crippen LogP contribution in [0.15, 0.2) is 46.9 Å². The summed E-state index contributed by atoms with van der Waals surface area (Å²) in [5, 5.41) is 0.398. The average Bonchev–Trinajstić information content (AvgIpc) is 2.59. The van der Waals surface area contributed by atoms with E-state index in [4.69, 9.17) is 21.1 Å². The van der Waals surface area contributed by atoms with Gasteiger partial charge in [-0.3, -0.25) is 20.4 Å². The molecule has 2 rings (SSSR count). The standard InChI is InChI=1S/C16H14BrClN2O4/c1-23-10-6-7-12(17)11(8-10)16(22)20-19-15(21)9-24-14-5-3-2-4-13(14)18/h2-8H,9H2,1H3,(H,19,21)(H,20,22). The fourth-order valence-corrected chi connectivity index (χ4v) is 2.36. The van der Waals surface area contributed by atoms with E-state index in [0.29, 0.717) is 26.6 Å². The number of amides is 2. The van der Waals surface area contributed by atoms with Crippen molar-refractivity contribution >= 4 is 39.3 Å². The first-order valence-electron chi connectivity index (χ1n) is 6.81. The number of para-hydroxylation sites is 1. The zero-order valence-corrected chi connectivity index (χ0v) is 15.0. The Balaban J connectivity index is 1.87. The molecule has 6 nitrogen and oxygen atoms in total. The van der Waals surface area contributed by atoms with Gasteiger partial charge in [0.1, 0.15) is 11.5 Å². The minimum atomic E-state index is -0.526. The predicted octanol–water partition coefficient (Wildman–Crippen LogP) is 2.95. The molecule has 2 N–H and O–H groups in total. The highest BCUT2D eigenvalue weighted by Gasteiger charge is 2.13. The molecule has 0 bridgehead atoms. The summed E-state index contributed by atoms with van der Waals surface area (Å²) in [5.41, 5.74) is 4.89. The normalized spacial score (nSPS) is 9.96. The van der Waals surface area contributed by atoms with E-state index in [1.165, 1.54) is 7.11 Å². The van der Waals surface area contributed by atoms with Gasteiger partial charge in [-0.05, 0) is 46.3 Å². The quantitative estimate of drug-likeness (QED) is 0.739. The van der Waals surface area contributed by atoms with Gasteiger partial charge < -0.3 is 9.47 Å². The highest BCUT2D eigenvalue weighted by Crippen LogP contribution is 2.23. The van der Waals surface area contributed by atoms with Crippen LogP contribution < -0.4 is 20.3 Å². The molecule has 0 aliphatic heterocycles. The van der Waals surface area contributed by atoms with Crippen molar-refractivity contribution in [3.05, 3.63) is 57.5 Å². The molecule has 0 fully saturated rings. The Morgan fingerprint density at radius 3 is 2.62 bits per heavy atom. The molecule has 126 valence electrons. The number of hydrogen-bond donors (Lipinski definition) is 2. The molecular formula is C16H14BrClN2O4. The third kappa shape index (κ3) is 4.87. The van der Waals surface area contributed by atoms with Crippen LogP contribution in [0.25, 0.3) is 0 Å². The van der Waals surface area contributed by atoms with Crippen molar-refractivity contribution in [3.63, 3.8) is 0 Å². The maximum atomic E-state index is 12.1. The van der Waals surface area contributed by atoms with Crippen molar-refractivity contribution in [2.75, 3.05) is 13.7 Å². The zero-order valence-electron chi connectivity index (χ0n) is 12.6. The first-order valence-corrected chi connectivity index (χ1v) is 7.98. The Labute approximate surface area is 152 Å². The maximum Gasteiger partial charge on any atom is 0.276 e. The van der Waals surface area contributed by atoms with E-state index in [-0.39, 0.29) is 6.61 Å². The number of benzene rings is 2. The molecule has 24 heavy (non-hydrogen) atoms. The van der Waals surface area contributed by atoms with Crippen LogP contribution in [0.4, 0.5) is 0 Å². The molecule has 0 aromatic heterocycles. The Morgan fingerprint density at radius 2 is 1.92 bits per heavy atom. The number of rotatable bonds is 5. The van der Waals surface area contributed by atoms with Crippen molar-refractivity contribution < 1.29 is 19.1 Å². The van der Waals surface area contributed by atoms with E-state index >= 15 is 0 Å². The molecule has 0 spiro atoms. The summed E-state index contributed by atoms with van der Waals surface area (Å²) in [6.45, 7) is -0.288. The van der Waals surface area contributed by atoms with Gasteiger partial charge in [0.25, 0.3) is 11.8 Å². The van der Waals surface area contributed by atoms with E-state index in [1.807, 2.05) is 0 Å². The number of ether oxygens (including phenoxy) is 2. The molecule has 2 aromatic carbocycles. The monoisotopic (exact) mass is 412 g/mol. The van der Waals surface area contributed by atoms with Crippen LogP contribution >= 0.6 is 27.5 Å². The first-order chi connectivity index (χ1) is 11.5. The van der Waals surface area contributed by atoms with E-state index in [1.54, 1.807) is 42.5 Å². The molecule has 0 unspecified atom stereocenters. The second-order valence-electron chi connectivity index (χ2n) is 4.57. The topological polar surface area (TPSA) is 76.7 Å². The number of methoxy groups -OCH3 is 1. The minimum Gasteiger partial charge on any atom is -0.497 e. The van der Waals surface area contributed by atoms with Crippen LogP contribution in [-0.4, -0.2) is 25.5 Å². The highest BCUT2D eigenvalue weighted by atomic mass is 79.9. The molecule has 0 aliphatic carbocycles. The Morgan fingerprint density at radius 1 is 1.17 bits per heavy atom. The number of carbonyl (C=O) groups excluding carboxylic acids is 2. The fourth-order valence-electron chi connectivity index (χ4n) is 1.74. The summed E-state index contributed by atoms with van der Waals surface area (Å²) in [5.74, 6) is -0.109. The molecule has 0 radical (unpaired) electrons. The third-order valence-electron chi connectivity index (χ3n) is 2.93. The van der Waals surface area contributed by atoms with E-state index < -0.39 is 11.8 Å². The zero-order chi connectivity index (χ0) is 17.5. The molecule has 0 heterocycles. The highest BCUT2D eigenvalue weighted by molar-refractivity contribution is 9.10. The predicted molar refractivity (Wildman–Crippen MR) is 93.2 cm³/mol. The summed E-state index contributed by atoms with van der Waals surface area (Å²) in [4.78, 5) is 23.8. The summed E-state index contributed by atoms with van der Waals surface area (Å²) in [6.07, 6.45) is 0. The van der Waals surface area contributed by atoms with Crippen molar-refractivity contribution in [2.24, 2.45) is 0 Å². The average molecular weight is 414 g/mol. The smallest absolute Gasteiger partial charge is 0.276 e. The Hall–Kier alpha value is -2.25. The van der Waals surface area contributed by atoms with Crippen LogP contribution in [0.1, 0.15) is 10.4 Å². The van der Waals surface area contributed by atoms with Gasteiger partial charge in [-0.25, -0.2) is 0 Å².